The summed E-state index contributed by atoms with van der Waals surface area (Å²) >= 11 is 0. The fourth-order valence-corrected chi connectivity index (χ4v) is 3.65. The molecule has 0 spiro atoms. The molecule has 3 rings (SSSR count). The summed E-state index contributed by atoms with van der Waals surface area (Å²) in [6.07, 6.45) is 3.10. The van der Waals surface area contributed by atoms with Gasteiger partial charge < -0.3 is 19.9 Å². The monoisotopic (exact) mass is 395 g/mol. The summed E-state index contributed by atoms with van der Waals surface area (Å²) in [6.45, 7) is 4.12. The third-order valence-corrected chi connectivity index (χ3v) is 5.22. The number of nitrogens with one attached hydrogen (secondary N) is 1. The van der Waals surface area contributed by atoms with Crippen molar-refractivity contribution < 1.29 is 14.3 Å². The van der Waals surface area contributed by atoms with Crippen molar-refractivity contribution in [2.24, 2.45) is 0 Å². The molecule has 0 saturated carbocycles. The van der Waals surface area contributed by atoms with Gasteiger partial charge in [0.1, 0.15) is 12.3 Å². The Morgan fingerprint density at radius 1 is 1.07 bits per heavy atom. The molecule has 2 aromatic rings. The molecule has 0 bridgehead atoms. The first kappa shape index (κ1) is 20.7. The SMILES string of the molecule is COc1ccccc1CCNC(=O)CN(C(C)=O)c1ccc(N2CCCC2)cc1. The number of carbonyl (C=O) groups excluding carboxylic acids is 2. The van der Waals surface area contributed by atoms with E-state index >= 15 is 0 Å². The lowest BCUT2D eigenvalue weighted by atomic mass is 10.1. The van der Waals surface area contributed by atoms with Crippen molar-refractivity contribution in [3.05, 3.63) is 54.1 Å². The average molecular weight is 396 g/mol. The highest BCUT2D eigenvalue weighted by atomic mass is 16.5. The summed E-state index contributed by atoms with van der Waals surface area (Å²) in [5.74, 6) is 0.475. The van der Waals surface area contributed by atoms with Gasteiger partial charge in [-0.15, -0.1) is 0 Å². The third-order valence-electron chi connectivity index (χ3n) is 5.22. The number of rotatable bonds is 8. The van der Waals surface area contributed by atoms with E-state index in [-0.39, 0.29) is 18.4 Å². The van der Waals surface area contributed by atoms with E-state index in [0.717, 1.165) is 35.8 Å². The molecular weight excluding hydrogens is 366 g/mol. The van der Waals surface area contributed by atoms with Crippen LogP contribution in [-0.4, -0.2) is 45.1 Å². The van der Waals surface area contributed by atoms with Crippen LogP contribution in [0.5, 0.6) is 5.75 Å². The van der Waals surface area contributed by atoms with Gasteiger partial charge in [-0.05, 0) is 55.2 Å². The number of hydrogen-bond acceptors (Lipinski definition) is 4. The molecule has 2 aromatic carbocycles. The zero-order valence-electron chi connectivity index (χ0n) is 17.2. The van der Waals surface area contributed by atoms with E-state index in [1.807, 2.05) is 48.5 Å². The molecule has 1 heterocycles. The number of para-hydroxylation sites is 1. The van der Waals surface area contributed by atoms with Crippen molar-refractivity contribution in [2.45, 2.75) is 26.2 Å². The van der Waals surface area contributed by atoms with Gasteiger partial charge in [-0.2, -0.15) is 0 Å². The van der Waals surface area contributed by atoms with Crippen molar-refractivity contribution in [3.63, 3.8) is 0 Å². The van der Waals surface area contributed by atoms with Gasteiger partial charge >= 0.3 is 0 Å². The number of benzene rings is 2. The molecule has 29 heavy (non-hydrogen) atoms. The van der Waals surface area contributed by atoms with Crippen LogP contribution in [0.4, 0.5) is 11.4 Å². The van der Waals surface area contributed by atoms with E-state index in [0.29, 0.717) is 13.0 Å². The van der Waals surface area contributed by atoms with Crippen LogP contribution in [0, 0.1) is 0 Å². The zero-order chi connectivity index (χ0) is 20.6. The molecule has 0 aliphatic carbocycles. The molecule has 0 radical (unpaired) electrons. The summed E-state index contributed by atoms with van der Waals surface area (Å²) in [6, 6.07) is 15.6. The van der Waals surface area contributed by atoms with Gasteiger partial charge in [0.25, 0.3) is 0 Å². The minimum Gasteiger partial charge on any atom is -0.496 e. The highest BCUT2D eigenvalue weighted by Gasteiger charge is 2.17. The third kappa shape index (κ3) is 5.50. The van der Waals surface area contributed by atoms with E-state index < -0.39 is 0 Å². The fraction of sp³-hybridized carbons (Fsp3) is 0.391. The van der Waals surface area contributed by atoms with E-state index in [1.165, 1.54) is 24.7 Å². The van der Waals surface area contributed by atoms with E-state index in [1.54, 1.807) is 7.11 Å². The molecule has 0 aromatic heterocycles. The minimum absolute atomic E-state index is 0.00428. The number of hydrogen-bond donors (Lipinski definition) is 1. The van der Waals surface area contributed by atoms with Crippen molar-refractivity contribution in [2.75, 3.05) is 43.1 Å². The quantitative estimate of drug-likeness (QED) is 0.746. The van der Waals surface area contributed by atoms with Gasteiger partial charge in [-0.25, -0.2) is 0 Å². The summed E-state index contributed by atoms with van der Waals surface area (Å²) in [7, 11) is 1.64. The molecule has 1 saturated heterocycles. The van der Waals surface area contributed by atoms with Gasteiger partial charge in [-0.3, -0.25) is 9.59 Å². The smallest absolute Gasteiger partial charge is 0.240 e. The topological polar surface area (TPSA) is 61.9 Å². The summed E-state index contributed by atoms with van der Waals surface area (Å²) in [4.78, 5) is 28.4. The number of anilines is 2. The first-order valence-electron chi connectivity index (χ1n) is 10.1. The normalized spacial score (nSPS) is 13.2. The van der Waals surface area contributed by atoms with Crippen LogP contribution in [0.1, 0.15) is 25.3 Å². The predicted octanol–water partition coefficient (Wildman–Crippen LogP) is 3.01. The van der Waals surface area contributed by atoms with Crippen molar-refractivity contribution in [1.82, 2.24) is 5.32 Å². The van der Waals surface area contributed by atoms with Crippen LogP contribution >= 0.6 is 0 Å². The largest absolute Gasteiger partial charge is 0.496 e. The molecule has 0 unspecified atom stereocenters. The molecule has 1 N–H and O–H groups in total. The standard InChI is InChI=1S/C23H29N3O3/c1-18(27)26(21-11-9-20(10-12-21)25-15-5-6-16-25)17-23(28)24-14-13-19-7-3-4-8-22(19)29-2/h3-4,7-12H,5-6,13-17H2,1-2H3,(H,24,28). The number of nitrogens with zero attached hydrogens (tertiary/aromatic N) is 2. The Bertz CT molecular complexity index is 830. The maximum Gasteiger partial charge on any atom is 0.240 e. The Morgan fingerprint density at radius 2 is 1.76 bits per heavy atom. The van der Waals surface area contributed by atoms with Gasteiger partial charge in [0.15, 0.2) is 0 Å². The fourth-order valence-electron chi connectivity index (χ4n) is 3.65. The van der Waals surface area contributed by atoms with Gasteiger partial charge in [0.2, 0.25) is 11.8 Å². The number of carbonyl (C=O) groups is 2. The van der Waals surface area contributed by atoms with Crippen LogP contribution < -0.4 is 19.9 Å². The molecule has 154 valence electrons. The molecule has 6 heteroatoms. The minimum atomic E-state index is -0.182. The maximum absolute atomic E-state index is 12.4. The summed E-state index contributed by atoms with van der Waals surface area (Å²) < 4.78 is 5.33. The van der Waals surface area contributed by atoms with Crippen molar-refractivity contribution in [3.8, 4) is 5.75 Å². The molecule has 2 amide bonds. The Labute approximate surface area is 172 Å². The van der Waals surface area contributed by atoms with Crippen LogP contribution in [0.3, 0.4) is 0 Å². The predicted molar refractivity (Wildman–Crippen MR) is 116 cm³/mol. The Hall–Kier alpha value is -3.02. The molecule has 1 aliphatic heterocycles. The molecule has 0 atom stereocenters. The Morgan fingerprint density at radius 3 is 2.41 bits per heavy atom. The average Bonchev–Trinajstić information content (AvgIpc) is 3.27. The van der Waals surface area contributed by atoms with E-state index in [4.69, 9.17) is 4.74 Å². The lowest BCUT2D eigenvalue weighted by Gasteiger charge is -2.23. The second kappa shape index (κ2) is 9.96. The zero-order valence-corrected chi connectivity index (χ0v) is 17.2. The molecule has 6 nitrogen and oxygen atoms in total. The van der Waals surface area contributed by atoms with Crippen molar-refractivity contribution >= 4 is 23.2 Å². The second-order valence-corrected chi connectivity index (χ2v) is 7.23. The van der Waals surface area contributed by atoms with Gasteiger partial charge in [0.05, 0.1) is 7.11 Å². The maximum atomic E-state index is 12.4. The first-order valence-corrected chi connectivity index (χ1v) is 10.1. The van der Waals surface area contributed by atoms with Crippen LogP contribution in [-0.2, 0) is 16.0 Å². The van der Waals surface area contributed by atoms with Crippen LogP contribution in [0.25, 0.3) is 0 Å². The molecule has 1 aliphatic rings. The van der Waals surface area contributed by atoms with E-state index in [9.17, 15) is 9.59 Å². The first-order chi connectivity index (χ1) is 14.1. The van der Waals surface area contributed by atoms with Crippen molar-refractivity contribution in [1.29, 1.82) is 0 Å². The highest BCUT2D eigenvalue weighted by Crippen LogP contribution is 2.24. The summed E-state index contributed by atoms with van der Waals surface area (Å²) in [5, 5.41) is 2.90. The lowest BCUT2D eigenvalue weighted by molar-refractivity contribution is -0.123. The van der Waals surface area contributed by atoms with Crippen LogP contribution in [0.2, 0.25) is 0 Å². The second-order valence-electron chi connectivity index (χ2n) is 7.23. The van der Waals surface area contributed by atoms with E-state index in [2.05, 4.69) is 10.2 Å². The summed E-state index contributed by atoms with van der Waals surface area (Å²) in [5.41, 5.74) is 2.94. The number of methoxy groups -OCH3 is 1. The Balaban J connectivity index is 1.55. The lowest BCUT2D eigenvalue weighted by Crippen LogP contribution is -2.40. The van der Waals surface area contributed by atoms with Crippen LogP contribution in [0.15, 0.2) is 48.5 Å². The highest BCUT2D eigenvalue weighted by molar-refractivity contribution is 5.97. The number of ether oxygens (including phenoxy) is 1. The van der Waals surface area contributed by atoms with Gasteiger partial charge in [0, 0.05) is 37.9 Å². The number of amides is 2. The molecule has 1 fully saturated rings. The molecular formula is C23H29N3O3. The Kier molecular flexibility index (Phi) is 7.11. The van der Waals surface area contributed by atoms with Gasteiger partial charge in [-0.1, -0.05) is 18.2 Å².